The van der Waals surface area contributed by atoms with Crippen LogP contribution in [0, 0.1) is 5.82 Å². The van der Waals surface area contributed by atoms with Crippen molar-refractivity contribution < 1.29 is 9.18 Å². The van der Waals surface area contributed by atoms with E-state index in [2.05, 4.69) is 15.6 Å². The smallest absolute Gasteiger partial charge is 0.251 e. The van der Waals surface area contributed by atoms with E-state index >= 15 is 0 Å². The van der Waals surface area contributed by atoms with Crippen LogP contribution in [-0.4, -0.2) is 44.0 Å². The van der Waals surface area contributed by atoms with E-state index in [4.69, 9.17) is 0 Å². The summed E-state index contributed by atoms with van der Waals surface area (Å²) in [6.07, 6.45) is 0. The van der Waals surface area contributed by atoms with Crippen molar-refractivity contribution in [1.82, 2.24) is 15.5 Å². The van der Waals surface area contributed by atoms with Crippen molar-refractivity contribution in [3.8, 4) is 0 Å². The normalized spacial score (nSPS) is 11.1. The molecule has 0 saturated carbocycles. The minimum absolute atomic E-state index is 0.0999. The molecule has 2 aromatic carbocycles. The maximum Gasteiger partial charge on any atom is 0.251 e. The van der Waals surface area contributed by atoms with Crippen LogP contribution in [0.1, 0.15) is 15.9 Å². The van der Waals surface area contributed by atoms with Gasteiger partial charge in [-0.2, -0.15) is 0 Å². The molecule has 0 atom stereocenters. The van der Waals surface area contributed by atoms with Crippen LogP contribution in [0.3, 0.4) is 0 Å². The third-order valence-corrected chi connectivity index (χ3v) is 3.64. The van der Waals surface area contributed by atoms with Crippen LogP contribution in [0.25, 0.3) is 0 Å². The van der Waals surface area contributed by atoms with Crippen molar-refractivity contribution in [3.05, 3.63) is 71.5 Å². The molecule has 0 unspecified atom stereocenters. The zero-order valence-corrected chi connectivity index (χ0v) is 14.5. The second-order valence-corrected chi connectivity index (χ2v) is 5.58. The monoisotopic (exact) mass is 342 g/mol. The molecule has 0 bridgehead atoms. The number of aliphatic imine (C=N–C) groups is 1. The first kappa shape index (κ1) is 18.4. The van der Waals surface area contributed by atoms with Gasteiger partial charge in [-0.1, -0.05) is 30.3 Å². The predicted molar refractivity (Wildman–Crippen MR) is 98.0 cm³/mol. The predicted octanol–water partition coefficient (Wildman–Crippen LogP) is 2.26. The average molecular weight is 342 g/mol. The van der Waals surface area contributed by atoms with E-state index in [1.165, 1.54) is 12.1 Å². The first-order valence-corrected chi connectivity index (χ1v) is 8.09. The highest BCUT2D eigenvalue weighted by Gasteiger charge is 2.07. The fourth-order valence-electron chi connectivity index (χ4n) is 2.37. The van der Waals surface area contributed by atoms with Crippen LogP contribution >= 0.6 is 0 Å². The second kappa shape index (κ2) is 9.42. The van der Waals surface area contributed by atoms with Crippen LogP contribution < -0.4 is 10.6 Å². The molecule has 25 heavy (non-hydrogen) atoms. The summed E-state index contributed by atoms with van der Waals surface area (Å²) in [5.74, 6) is 0.360. The SMILES string of the molecule is CN=C(NCCNC(=O)c1ccccc1)N(C)Cc1ccc(F)cc1. The maximum atomic E-state index is 13.0. The van der Waals surface area contributed by atoms with E-state index in [9.17, 15) is 9.18 Å². The largest absolute Gasteiger partial charge is 0.354 e. The molecule has 2 aromatic rings. The Hall–Kier alpha value is -2.89. The Morgan fingerprint density at radius 2 is 1.68 bits per heavy atom. The Labute approximate surface area is 147 Å². The molecule has 2 N–H and O–H groups in total. The lowest BCUT2D eigenvalue weighted by Crippen LogP contribution is -2.42. The molecule has 0 saturated heterocycles. The molecule has 5 nitrogen and oxygen atoms in total. The summed E-state index contributed by atoms with van der Waals surface area (Å²) in [7, 11) is 3.60. The lowest BCUT2D eigenvalue weighted by molar-refractivity contribution is 0.0954. The number of guanidine groups is 1. The number of carbonyl (C=O) groups excluding carboxylic acids is 1. The molecule has 132 valence electrons. The fourth-order valence-corrected chi connectivity index (χ4v) is 2.37. The van der Waals surface area contributed by atoms with Gasteiger partial charge in [-0.3, -0.25) is 9.79 Å². The van der Waals surface area contributed by atoms with E-state index in [1.807, 2.05) is 30.1 Å². The molecule has 6 heteroatoms. The third kappa shape index (κ3) is 5.91. The van der Waals surface area contributed by atoms with Gasteiger partial charge in [0.05, 0.1) is 0 Å². The summed E-state index contributed by atoms with van der Waals surface area (Å²) in [4.78, 5) is 18.1. The van der Waals surface area contributed by atoms with Crippen molar-refractivity contribution in [2.24, 2.45) is 4.99 Å². The lowest BCUT2D eigenvalue weighted by atomic mass is 10.2. The van der Waals surface area contributed by atoms with E-state index in [0.29, 0.717) is 31.2 Å². The first-order chi connectivity index (χ1) is 12.1. The van der Waals surface area contributed by atoms with Gasteiger partial charge < -0.3 is 15.5 Å². The van der Waals surface area contributed by atoms with Gasteiger partial charge in [0, 0.05) is 39.3 Å². The Bertz CT molecular complexity index is 701. The minimum atomic E-state index is -0.247. The van der Waals surface area contributed by atoms with Crippen molar-refractivity contribution in [2.75, 3.05) is 27.2 Å². The Morgan fingerprint density at radius 1 is 1.04 bits per heavy atom. The summed E-state index contributed by atoms with van der Waals surface area (Å²) in [5, 5.41) is 6.05. The van der Waals surface area contributed by atoms with Gasteiger partial charge in [-0.15, -0.1) is 0 Å². The van der Waals surface area contributed by atoms with Gasteiger partial charge in [-0.25, -0.2) is 4.39 Å². The molecule has 0 heterocycles. The number of nitrogens with zero attached hydrogens (tertiary/aromatic N) is 2. The molecule has 0 aromatic heterocycles. The zero-order valence-electron chi connectivity index (χ0n) is 14.5. The number of amides is 1. The molecular weight excluding hydrogens is 319 g/mol. The third-order valence-electron chi connectivity index (χ3n) is 3.64. The van der Waals surface area contributed by atoms with Crippen molar-refractivity contribution in [2.45, 2.75) is 6.54 Å². The number of hydrogen-bond acceptors (Lipinski definition) is 2. The maximum absolute atomic E-state index is 13.0. The molecule has 0 aliphatic heterocycles. The van der Waals surface area contributed by atoms with E-state index in [-0.39, 0.29) is 11.7 Å². The van der Waals surface area contributed by atoms with E-state index < -0.39 is 0 Å². The lowest BCUT2D eigenvalue weighted by Gasteiger charge is -2.22. The highest BCUT2D eigenvalue weighted by molar-refractivity contribution is 5.94. The summed E-state index contributed by atoms with van der Waals surface area (Å²) < 4.78 is 13.0. The molecule has 0 radical (unpaired) electrons. The number of rotatable bonds is 6. The Kier molecular flexibility index (Phi) is 6.95. The molecule has 0 fully saturated rings. The van der Waals surface area contributed by atoms with Crippen LogP contribution in [0.5, 0.6) is 0 Å². The molecule has 2 rings (SSSR count). The standard InChI is InChI=1S/C19H23FN4O/c1-21-19(24(2)14-15-8-10-17(20)11-9-15)23-13-12-22-18(25)16-6-4-3-5-7-16/h3-11H,12-14H2,1-2H3,(H,21,23)(H,22,25). The average Bonchev–Trinajstić information content (AvgIpc) is 2.64. The van der Waals surface area contributed by atoms with Crippen LogP contribution in [-0.2, 0) is 6.54 Å². The van der Waals surface area contributed by atoms with Crippen molar-refractivity contribution in [1.29, 1.82) is 0 Å². The van der Waals surface area contributed by atoms with Crippen molar-refractivity contribution >= 4 is 11.9 Å². The molecule has 0 aliphatic rings. The quantitative estimate of drug-likeness (QED) is 0.481. The molecule has 0 aliphatic carbocycles. The summed E-state index contributed by atoms with van der Waals surface area (Å²) in [6.45, 7) is 1.65. The first-order valence-electron chi connectivity index (χ1n) is 8.09. The molecule has 0 spiro atoms. The van der Waals surface area contributed by atoms with E-state index in [1.54, 1.807) is 31.3 Å². The number of carbonyl (C=O) groups is 1. The van der Waals surface area contributed by atoms with Crippen molar-refractivity contribution in [3.63, 3.8) is 0 Å². The summed E-state index contributed by atoms with van der Waals surface area (Å²) >= 11 is 0. The number of nitrogens with one attached hydrogen (secondary N) is 2. The Morgan fingerprint density at radius 3 is 2.32 bits per heavy atom. The topological polar surface area (TPSA) is 56.7 Å². The fraction of sp³-hybridized carbons (Fsp3) is 0.263. The number of halogens is 1. The van der Waals surface area contributed by atoms with Crippen LogP contribution in [0.2, 0.25) is 0 Å². The van der Waals surface area contributed by atoms with Crippen LogP contribution in [0.4, 0.5) is 4.39 Å². The van der Waals surface area contributed by atoms with Gasteiger partial charge in [0.1, 0.15) is 5.82 Å². The summed E-state index contributed by atoms with van der Waals surface area (Å²) in [6, 6.07) is 15.5. The van der Waals surface area contributed by atoms with Gasteiger partial charge in [-0.05, 0) is 29.8 Å². The molecule has 1 amide bonds. The van der Waals surface area contributed by atoms with Crippen LogP contribution in [0.15, 0.2) is 59.6 Å². The summed E-state index contributed by atoms with van der Waals surface area (Å²) in [5.41, 5.74) is 1.63. The van der Waals surface area contributed by atoms with Gasteiger partial charge in [0.2, 0.25) is 0 Å². The minimum Gasteiger partial charge on any atom is -0.354 e. The number of hydrogen-bond donors (Lipinski definition) is 2. The highest BCUT2D eigenvalue weighted by atomic mass is 19.1. The van der Waals surface area contributed by atoms with Gasteiger partial charge in [0.25, 0.3) is 5.91 Å². The number of benzene rings is 2. The van der Waals surface area contributed by atoms with Gasteiger partial charge >= 0.3 is 0 Å². The molecular formula is C19H23FN4O. The van der Waals surface area contributed by atoms with E-state index in [0.717, 1.165) is 5.56 Å². The van der Waals surface area contributed by atoms with Gasteiger partial charge in [0.15, 0.2) is 5.96 Å². The highest BCUT2D eigenvalue weighted by Crippen LogP contribution is 2.05. The second-order valence-electron chi connectivity index (χ2n) is 5.58. The Balaban J connectivity index is 1.76. The zero-order chi connectivity index (χ0) is 18.1.